The van der Waals surface area contributed by atoms with Crippen LogP contribution >= 0.6 is 0 Å². The number of carbonyl (C=O) groups is 2. The van der Waals surface area contributed by atoms with Crippen molar-refractivity contribution in [3.05, 3.63) is 11.6 Å². The van der Waals surface area contributed by atoms with E-state index in [4.69, 9.17) is 0 Å². The molecule has 0 aromatic heterocycles. The zero-order valence-corrected chi connectivity index (χ0v) is 10.2. The minimum atomic E-state index is -0.666. The Bertz CT molecular complexity index is 424. The van der Waals surface area contributed by atoms with E-state index in [9.17, 15) is 14.7 Å². The number of esters is 1. The Morgan fingerprint density at radius 3 is 2.88 bits per heavy atom. The highest BCUT2D eigenvalue weighted by atomic mass is 16.5. The Kier molecular flexibility index (Phi) is 4.08. The van der Waals surface area contributed by atoms with Gasteiger partial charge >= 0.3 is 5.97 Å². The van der Waals surface area contributed by atoms with Crippen LogP contribution in [0.25, 0.3) is 0 Å². The first-order valence-corrected chi connectivity index (χ1v) is 5.37. The summed E-state index contributed by atoms with van der Waals surface area (Å²) >= 11 is 0. The number of ketones is 1. The maximum Gasteiger partial charge on any atom is 0.384 e. The second kappa shape index (κ2) is 5.15. The average Bonchev–Trinajstić information content (AvgIpc) is 2.31. The Hall–Kier alpha value is -1.60. The monoisotopic (exact) mass is 236 g/mol. The first kappa shape index (κ1) is 13.5. The van der Waals surface area contributed by atoms with Gasteiger partial charge in [0.05, 0.1) is 12.5 Å². The number of aliphatic hydroxyl groups is 1. The number of Topliss-reactive ketones (excluding diaryl/α,β-unsaturated/α-hetero) is 1. The summed E-state index contributed by atoms with van der Waals surface area (Å²) in [5.74, 6) is 4.27. The first-order chi connectivity index (χ1) is 7.92. The van der Waals surface area contributed by atoms with Gasteiger partial charge in [0.25, 0.3) is 0 Å². The van der Waals surface area contributed by atoms with Crippen LogP contribution in [-0.4, -0.2) is 30.6 Å². The number of rotatable bonds is 1. The largest absolute Gasteiger partial charge is 0.459 e. The molecule has 0 amide bonds. The quantitative estimate of drug-likeness (QED) is 0.413. The standard InChI is InChI=1S/C13H16O4/c1-9-7-13(2,5-4-12(16)17-3)10(8-14)6-11(9)15/h7,10,14H,6,8H2,1-3H3/t10-,13+/m0/s1. The number of ether oxygens (including phenoxy) is 1. The Balaban J connectivity index is 3.08. The molecule has 0 aromatic rings. The molecule has 0 aromatic carbocycles. The van der Waals surface area contributed by atoms with Crippen molar-refractivity contribution >= 4 is 11.8 Å². The molecule has 0 spiro atoms. The molecule has 1 aliphatic rings. The summed E-state index contributed by atoms with van der Waals surface area (Å²) in [5.41, 5.74) is -0.0441. The van der Waals surface area contributed by atoms with Crippen molar-refractivity contribution in [1.29, 1.82) is 0 Å². The normalized spacial score (nSPS) is 27.9. The first-order valence-electron chi connectivity index (χ1n) is 5.37. The molecule has 0 aliphatic heterocycles. The zero-order valence-electron chi connectivity index (χ0n) is 10.2. The third kappa shape index (κ3) is 2.95. The van der Waals surface area contributed by atoms with Gasteiger partial charge in [-0.1, -0.05) is 12.0 Å². The number of aliphatic hydroxyl groups excluding tert-OH is 1. The highest BCUT2D eigenvalue weighted by Gasteiger charge is 2.36. The summed E-state index contributed by atoms with van der Waals surface area (Å²) in [6, 6.07) is 0. The minimum Gasteiger partial charge on any atom is -0.459 e. The SMILES string of the molecule is COC(=O)C#C[C@]1(C)C=C(C)C(=O)C[C@H]1CO. The Morgan fingerprint density at radius 1 is 1.71 bits per heavy atom. The van der Waals surface area contributed by atoms with Crippen molar-refractivity contribution in [2.75, 3.05) is 13.7 Å². The molecule has 1 rings (SSSR count). The molecule has 1 aliphatic carbocycles. The predicted octanol–water partition coefficient (Wildman–Crippen LogP) is 0.697. The van der Waals surface area contributed by atoms with Gasteiger partial charge in [-0.25, -0.2) is 4.79 Å². The van der Waals surface area contributed by atoms with Gasteiger partial charge in [0.15, 0.2) is 5.78 Å². The summed E-state index contributed by atoms with van der Waals surface area (Å²) in [5, 5.41) is 9.29. The molecule has 0 saturated carbocycles. The molecule has 0 radical (unpaired) electrons. The van der Waals surface area contributed by atoms with Crippen LogP contribution in [-0.2, 0) is 14.3 Å². The lowest BCUT2D eigenvalue weighted by molar-refractivity contribution is -0.133. The molecule has 0 bridgehead atoms. The van der Waals surface area contributed by atoms with E-state index in [0.717, 1.165) is 0 Å². The summed E-state index contributed by atoms with van der Waals surface area (Å²) in [7, 11) is 1.26. The predicted molar refractivity (Wildman–Crippen MR) is 61.9 cm³/mol. The van der Waals surface area contributed by atoms with E-state index in [1.165, 1.54) is 7.11 Å². The second-order valence-corrected chi connectivity index (χ2v) is 4.36. The second-order valence-electron chi connectivity index (χ2n) is 4.36. The van der Waals surface area contributed by atoms with E-state index in [1.807, 2.05) is 0 Å². The molecule has 92 valence electrons. The van der Waals surface area contributed by atoms with E-state index in [-0.39, 0.29) is 24.7 Å². The van der Waals surface area contributed by atoms with Crippen molar-refractivity contribution in [3.8, 4) is 11.8 Å². The molecule has 0 fully saturated rings. The maximum absolute atomic E-state index is 11.5. The number of methoxy groups -OCH3 is 1. The van der Waals surface area contributed by atoms with E-state index >= 15 is 0 Å². The number of carbonyl (C=O) groups excluding carboxylic acids is 2. The number of hydrogen-bond acceptors (Lipinski definition) is 4. The fraction of sp³-hybridized carbons (Fsp3) is 0.538. The highest BCUT2D eigenvalue weighted by molar-refractivity contribution is 5.96. The smallest absolute Gasteiger partial charge is 0.384 e. The third-order valence-electron chi connectivity index (χ3n) is 3.08. The molecule has 4 heteroatoms. The van der Waals surface area contributed by atoms with E-state index in [2.05, 4.69) is 16.6 Å². The molecular formula is C13H16O4. The van der Waals surface area contributed by atoms with Crippen LogP contribution in [0.3, 0.4) is 0 Å². The highest BCUT2D eigenvalue weighted by Crippen LogP contribution is 2.36. The van der Waals surface area contributed by atoms with Crippen molar-refractivity contribution < 1.29 is 19.4 Å². The van der Waals surface area contributed by atoms with Gasteiger partial charge in [-0.2, -0.15) is 0 Å². The molecule has 0 unspecified atom stereocenters. The summed E-state index contributed by atoms with van der Waals surface area (Å²) in [6.45, 7) is 3.38. The van der Waals surface area contributed by atoms with E-state index < -0.39 is 11.4 Å². The van der Waals surface area contributed by atoms with Crippen LogP contribution in [0.5, 0.6) is 0 Å². The molecule has 4 nitrogen and oxygen atoms in total. The molecule has 0 heterocycles. The van der Waals surface area contributed by atoms with Crippen LogP contribution in [0.4, 0.5) is 0 Å². The molecule has 1 N–H and O–H groups in total. The van der Waals surface area contributed by atoms with Crippen molar-refractivity contribution in [2.24, 2.45) is 11.3 Å². The van der Waals surface area contributed by atoms with Crippen LogP contribution in [0.1, 0.15) is 20.3 Å². The molecular weight excluding hydrogens is 220 g/mol. The fourth-order valence-electron chi connectivity index (χ4n) is 1.87. The van der Waals surface area contributed by atoms with Gasteiger partial charge in [-0.15, -0.1) is 0 Å². The Morgan fingerprint density at radius 2 is 2.35 bits per heavy atom. The van der Waals surface area contributed by atoms with E-state index in [0.29, 0.717) is 5.57 Å². The molecule has 17 heavy (non-hydrogen) atoms. The van der Waals surface area contributed by atoms with E-state index in [1.54, 1.807) is 19.9 Å². The number of hydrogen-bond donors (Lipinski definition) is 1. The lowest BCUT2D eigenvalue weighted by Crippen LogP contribution is -2.34. The van der Waals surface area contributed by atoms with Gasteiger partial charge in [-0.05, 0) is 19.4 Å². The van der Waals surface area contributed by atoms with Crippen LogP contribution < -0.4 is 0 Å². The summed E-state index contributed by atoms with van der Waals surface area (Å²) < 4.78 is 4.44. The third-order valence-corrected chi connectivity index (χ3v) is 3.08. The van der Waals surface area contributed by atoms with Gasteiger partial charge < -0.3 is 9.84 Å². The van der Waals surface area contributed by atoms with Crippen molar-refractivity contribution in [1.82, 2.24) is 0 Å². The van der Waals surface area contributed by atoms with Crippen LogP contribution in [0.2, 0.25) is 0 Å². The van der Waals surface area contributed by atoms with Gasteiger partial charge in [-0.3, -0.25) is 4.79 Å². The fourth-order valence-corrected chi connectivity index (χ4v) is 1.87. The van der Waals surface area contributed by atoms with Crippen LogP contribution in [0, 0.1) is 23.2 Å². The van der Waals surface area contributed by atoms with Crippen molar-refractivity contribution in [2.45, 2.75) is 20.3 Å². The maximum atomic E-state index is 11.5. The van der Waals surface area contributed by atoms with Crippen LogP contribution in [0.15, 0.2) is 11.6 Å². The van der Waals surface area contributed by atoms with Crippen molar-refractivity contribution in [3.63, 3.8) is 0 Å². The van der Waals surface area contributed by atoms with Gasteiger partial charge in [0.1, 0.15) is 0 Å². The number of allylic oxidation sites excluding steroid dienone is 2. The lowest BCUT2D eigenvalue weighted by atomic mass is 9.70. The Labute approximate surface area is 101 Å². The average molecular weight is 236 g/mol. The molecule has 0 saturated heterocycles. The molecule has 2 atom stereocenters. The summed E-state index contributed by atoms with van der Waals surface area (Å²) in [6.07, 6.45) is 1.97. The minimum absolute atomic E-state index is 0.0152. The zero-order chi connectivity index (χ0) is 13.1. The van der Waals surface area contributed by atoms with Gasteiger partial charge in [0, 0.05) is 24.9 Å². The van der Waals surface area contributed by atoms with Gasteiger partial charge in [0.2, 0.25) is 0 Å². The lowest BCUT2D eigenvalue weighted by Gasteiger charge is -2.33. The topological polar surface area (TPSA) is 63.6 Å². The summed E-state index contributed by atoms with van der Waals surface area (Å²) in [4.78, 5) is 22.5.